The SMILES string of the molecule is CC1CC(C)(C)CC1NC1CCN(c2ccccn2)CC1. The molecule has 1 aliphatic carbocycles. The zero-order chi connectivity index (χ0) is 14.9. The van der Waals surface area contributed by atoms with Crippen LogP contribution in [0.15, 0.2) is 24.4 Å². The molecular weight excluding hydrogens is 258 g/mol. The van der Waals surface area contributed by atoms with Gasteiger partial charge in [0.15, 0.2) is 0 Å². The lowest BCUT2D eigenvalue weighted by Crippen LogP contribution is -2.47. The number of hydrogen-bond acceptors (Lipinski definition) is 3. The van der Waals surface area contributed by atoms with Gasteiger partial charge < -0.3 is 10.2 Å². The molecule has 1 aromatic heterocycles. The Morgan fingerprint density at radius 2 is 1.95 bits per heavy atom. The maximum Gasteiger partial charge on any atom is 0.128 e. The van der Waals surface area contributed by atoms with E-state index in [1.807, 2.05) is 12.3 Å². The van der Waals surface area contributed by atoms with Gasteiger partial charge in [-0.15, -0.1) is 0 Å². The highest BCUT2D eigenvalue weighted by Crippen LogP contribution is 2.41. The molecular formula is C18H29N3. The van der Waals surface area contributed by atoms with Gasteiger partial charge in [0.25, 0.3) is 0 Å². The summed E-state index contributed by atoms with van der Waals surface area (Å²) in [5, 5.41) is 3.95. The van der Waals surface area contributed by atoms with E-state index in [4.69, 9.17) is 0 Å². The highest BCUT2D eigenvalue weighted by molar-refractivity contribution is 5.38. The molecule has 0 spiro atoms. The van der Waals surface area contributed by atoms with Gasteiger partial charge in [-0.2, -0.15) is 0 Å². The van der Waals surface area contributed by atoms with E-state index in [1.165, 1.54) is 25.7 Å². The third kappa shape index (κ3) is 3.57. The van der Waals surface area contributed by atoms with Crippen molar-refractivity contribution in [2.45, 2.75) is 58.5 Å². The van der Waals surface area contributed by atoms with E-state index in [0.717, 1.165) is 24.8 Å². The van der Waals surface area contributed by atoms with Crippen LogP contribution in [0.4, 0.5) is 5.82 Å². The number of piperidine rings is 1. The van der Waals surface area contributed by atoms with Gasteiger partial charge >= 0.3 is 0 Å². The van der Waals surface area contributed by atoms with Gasteiger partial charge in [0.2, 0.25) is 0 Å². The largest absolute Gasteiger partial charge is 0.357 e. The van der Waals surface area contributed by atoms with Crippen molar-refractivity contribution in [3.8, 4) is 0 Å². The van der Waals surface area contributed by atoms with Crippen molar-refractivity contribution in [3.05, 3.63) is 24.4 Å². The molecule has 0 radical (unpaired) electrons. The summed E-state index contributed by atoms with van der Waals surface area (Å²) in [6.07, 6.45) is 7.05. The topological polar surface area (TPSA) is 28.2 Å². The summed E-state index contributed by atoms with van der Waals surface area (Å²) in [5.74, 6) is 1.94. The van der Waals surface area contributed by atoms with Crippen LogP contribution < -0.4 is 10.2 Å². The Morgan fingerprint density at radius 3 is 2.52 bits per heavy atom. The van der Waals surface area contributed by atoms with Crippen LogP contribution in [0.3, 0.4) is 0 Å². The molecule has 2 fully saturated rings. The first-order valence-electron chi connectivity index (χ1n) is 8.45. The molecule has 0 amide bonds. The summed E-state index contributed by atoms with van der Waals surface area (Å²) < 4.78 is 0. The summed E-state index contributed by atoms with van der Waals surface area (Å²) >= 11 is 0. The molecule has 1 aromatic rings. The molecule has 3 nitrogen and oxygen atoms in total. The van der Waals surface area contributed by atoms with Crippen LogP contribution in [-0.4, -0.2) is 30.2 Å². The maximum atomic E-state index is 4.47. The average Bonchev–Trinajstić information content (AvgIpc) is 2.73. The van der Waals surface area contributed by atoms with E-state index >= 15 is 0 Å². The number of pyridine rings is 1. The predicted molar refractivity (Wildman–Crippen MR) is 88.6 cm³/mol. The maximum absolute atomic E-state index is 4.47. The van der Waals surface area contributed by atoms with E-state index in [9.17, 15) is 0 Å². The minimum atomic E-state index is 0.520. The van der Waals surface area contributed by atoms with Crippen molar-refractivity contribution in [2.75, 3.05) is 18.0 Å². The van der Waals surface area contributed by atoms with Crippen LogP contribution in [0.2, 0.25) is 0 Å². The van der Waals surface area contributed by atoms with E-state index in [2.05, 4.69) is 48.1 Å². The molecule has 21 heavy (non-hydrogen) atoms. The third-order valence-corrected chi connectivity index (χ3v) is 5.25. The van der Waals surface area contributed by atoms with E-state index in [0.29, 0.717) is 17.5 Å². The highest BCUT2D eigenvalue weighted by Gasteiger charge is 2.37. The Bertz CT molecular complexity index is 449. The molecule has 2 aliphatic rings. The second-order valence-corrected chi connectivity index (χ2v) is 7.77. The van der Waals surface area contributed by atoms with Gasteiger partial charge in [0, 0.05) is 31.4 Å². The molecule has 0 bridgehead atoms. The second-order valence-electron chi connectivity index (χ2n) is 7.77. The summed E-state index contributed by atoms with van der Waals surface area (Å²) in [6.45, 7) is 9.48. The molecule has 0 aromatic carbocycles. The summed E-state index contributed by atoms with van der Waals surface area (Å²) in [7, 11) is 0. The molecule has 1 saturated carbocycles. The second kappa shape index (κ2) is 5.96. The Balaban J connectivity index is 1.50. The first-order chi connectivity index (χ1) is 10.0. The van der Waals surface area contributed by atoms with Crippen LogP contribution in [0.5, 0.6) is 0 Å². The number of anilines is 1. The van der Waals surface area contributed by atoms with Crippen LogP contribution in [-0.2, 0) is 0 Å². The lowest BCUT2D eigenvalue weighted by atomic mass is 9.91. The minimum Gasteiger partial charge on any atom is -0.357 e. The van der Waals surface area contributed by atoms with Crippen molar-refractivity contribution in [1.82, 2.24) is 10.3 Å². The number of hydrogen-bond donors (Lipinski definition) is 1. The smallest absolute Gasteiger partial charge is 0.128 e. The monoisotopic (exact) mass is 287 g/mol. The average molecular weight is 287 g/mol. The van der Waals surface area contributed by atoms with E-state index in [-0.39, 0.29) is 0 Å². The van der Waals surface area contributed by atoms with Gasteiger partial charge in [-0.1, -0.05) is 26.8 Å². The normalized spacial score (nSPS) is 29.8. The van der Waals surface area contributed by atoms with Gasteiger partial charge in [-0.3, -0.25) is 0 Å². The molecule has 1 saturated heterocycles. The van der Waals surface area contributed by atoms with Crippen molar-refractivity contribution in [1.29, 1.82) is 0 Å². The Hall–Kier alpha value is -1.09. The van der Waals surface area contributed by atoms with Crippen molar-refractivity contribution < 1.29 is 0 Å². The van der Waals surface area contributed by atoms with Gasteiger partial charge in [0.1, 0.15) is 5.82 Å². The molecule has 1 aliphatic heterocycles. The minimum absolute atomic E-state index is 0.520. The van der Waals surface area contributed by atoms with E-state index in [1.54, 1.807) is 0 Å². The molecule has 3 rings (SSSR count). The lowest BCUT2D eigenvalue weighted by molar-refractivity contribution is 0.322. The number of nitrogens with one attached hydrogen (secondary N) is 1. The number of aromatic nitrogens is 1. The lowest BCUT2D eigenvalue weighted by Gasteiger charge is -2.35. The zero-order valence-corrected chi connectivity index (χ0v) is 13.7. The van der Waals surface area contributed by atoms with Crippen molar-refractivity contribution in [3.63, 3.8) is 0 Å². The van der Waals surface area contributed by atoms with Gasteiger partial charge in [-0.05, 0) is 49.1 Å². The first kappa shape index (κ1) is 14.8. The Kier molecular flexibility index (Phi) is 4.21. The standard InChI is InChI=1S/C18H29N3/c1-14-12-18(2,3)13-16(14)20-15-7-10-21(11-8-15)17-6-4-5-9-19-17/h4-6,9,14-16,20H,7-8,10-13H2,1-3H3. The van der Waals surface area contributed by atoms with Gasteiger partial charge in [0.05, 0.1) is 0 Å². The molecule has 2 unspecified atom stereocenters. The third-order valence-electron chi connectivity index (χ3n) is 5.25. The summed E-state index contributed by atoms with van der Waals surface area (Å²) in [6, 6.07) is 7.59. The Labute approximate surface area is 129 Å². The fourth-order valence-electron chi connectivity index (χ4n) is 4.24. The van der Waals surface area contributed by atoms with Crippen LogP contribution in [0.25, 0.3) is 0 Å². The van der Waals surface area contributed by atoms with Crippen LogP contribution in [0, 0.1) is 11.3 Å². The molecule has 2 heterocycles. The molecule has 116 valence electrons. The quantitative estimate of drug-likeness (QED) is 0.922. The fraction of sp³-hybridized carbons (Fsp3) is 0.722. The predicted octanol–water partition coefficient (Wildman–Crippen LogP) is 3.46. The van der Waals surface area contributed by atoms with Gasteiger partial charge in [-0.25, -0.2) is 4.98 Å². The summed E-state index contributed by atoms with van der Waals surface area (Å²) in [4.78, 5) is 6.88. The molecule has 2 atom stereocenters. The molecule has 3 heteroatoms. The van der Waals surface area contributed by atoms with E-state index < -0.39 is 0 Å². The number of rotatable bonds is 3. The first-order valence-corrected chi connectivity index (χ1v) is 8.45. The number of nitrogens with zero attached hydrogens (tertiary/aromatic N) is 2. The fourth-order valence-corrected chi connectivity index (χ4v) is 4.24. The van der Waals surface area contributed by atoms with Crippen LogP contribution in [0.1, 0.15) is 46.5 Å². The Morgan fingerprint density at radius 1 is 1.19 bits per heavy atom. The molecule has 1 N–H and O–H groups in total. The van der Waals surface area contributed by atoms with Crippen LogP contribution >= 0.6 is 0 Å². The zero-order valence-electron chi connectivity index (χ0n) is 13.7. The van der Waals surface area contributed by atoms with Crippen molar-refractivity contribution in [2.24, 2.45) is 11.3 Å². The van der Waals surface area contributed by atoms with Crippen molar-refractivity contribution >= 4 is 5.82 Å². The summed E-state index contributed by atoms with van der Waals surface area (Å²) in [5.41, 5.74) is 0.520. The highest BCUT2D eigenvalue weighted by atomic mass is 15.2.